The minimum atomic E-state index is -0.466. The van der Waals surface area contributed by atoms with Gasteiger partial charge in [0.1, 0.15) is 0 Å². The zero-order valence-corrected chi connectivity index (χ0v) is 13.7. The third kappa shape index (κ3) is 4.92. The molecule has 1 amide bonds. The molecule has 0 aliphatic carbocycles. The normalized spacial score (nSPS) is 13.0. The zero-order chi connectivity index (χ0) is 17.4. The summed E-state index contributed by atoms with van der Waals surface area (Å²) < 4.78 is 15.4. The number of carbonyl (C=O) groups excluding carboxylic acids is 2. The zero-order valence-electron chi connectivity index (χ0n) is 13.7. The van der Waals surface area contributed by atoms with Gasteiger partial charge in [-0.25, -0.2) is 0 Å². The number of esters is 1. The topological polar surface area (TPSA) is 73.9 Å². The van der Waals surface area contributed by atoms with Crippen molar-refractivity contribution in [3.05, 3.63) is 23.8 Å². The van der Waals surface area contributed by atoms with Crippen LogP contribution in [0.1, 0.15) is 24.8 Å². The van der Waals surface area contributed by atoms with Crippen LogP contribution in [-0.4, -0.2) is 32.3 Å². The Bertz CT molecular complexity index is 635. The maximum Gasteiger partial charge on any atom is 0.310 e. The highest BCUT2D eigenvalue weighted by molar-refractivity contribution is 5.78. The number of amides is 1. The quantitative estimate of drug-likeness (QED) is 0.446. The molecule has 0 saturated carbocycles. The summed E-state index contributed by atoms with van der Waals surface area (Å²) in [6, 6.07) is 5.52. The van der Waals surface area contributed by atoms with Crippen LogP contribution in [-0.2, 0) is 20.7 Å². The van der Waals surface area contributed by atoms with Gasteiger partial charge in [0.2, 0.25) is 12.7 Å². The maximum absolute atomic E-state index is 12.0. The molecule has 1 aromatic carbocycles. The summed E-state index contributed by atoms with van der Waals surface area (Å²) in [5.41, 5.74) is 0.913. The van der Waals surface area contributed by atoms with Gasteiger partial charge in [0, 0.05) is 19.4 Å². The Balaban J connectivity index is 1.92. The van der Waals surface area contributed by atoms with E-state index in [0.717, 1.165) is 5.56 Å². The molecule has 0 unspecified atom stereocenters. The van der Waals surface area contributed by atoms with Crippen molar-refractivity contribution in [2.45, 2.75) is 25.7 Å². The number of fused-ring (bicyclic) bond motifs is 1. The van der Waals surface area contributed by atoms with E-state index >= 15 is 0 Å². The highest BCUT2D eigenvalue weighted by Crippen LogP contribution is 2.33. The minimum absolute atomic E-state index is 0.121. The van der Waals surface area contributed by atoms with Crippen LogP contribution in [0.4, 0.5) is 0 Å². The van der Waals surface area contributed by atoms with Crippen LogP contribution >= 0.6 is 0 Å². The standard InChI is InChI=1S/C18H21NO5/c1-3-4-5-6-17(20)19-11-14(18(21)22-2)9-13-7-8-15-16(10-13)24-12-23-15/h1,7-8,10,14H,4-6,9,11-12H2,2H3,(H,19,20)/t14-/m0/s1. The molecule has 0 fully saturated rings. The highest BCUT2D eigenvalue weighted by atomic mass is 16.7. The van der Waals surface area contributed by atoms with Crippen LogP contribution in [0.15, 0.2) is 18.2 Å². The van der Waals surface area contributed by atoms with E-state index in [9.17, 15) is 9.59 Å². The summed E-state index contributed by atoms with van der Waals surface area (Å²) in [7, 11) is 1.34. The molecule has 1 aliphatic heterocycles. The van der Waals surface area contributed by atoms with Crippen LogP contribution in [0.2, 0.25) is 0 Å². The molecule has 24 heavy (non-hydrogen) atoms. The predicted molar refractivity (Wildman–Crippen MR) is 87.5 cm³/mol. The lowest BCUT2D eigenvalue weighted by Crippen LogP contribution is -2.34. The molecule has 1 aliphatic rings. The van der Waals surface area contributed by atoms with Crippen LogP contribution in [0.5, 0.6) is 11.5 Å². The number of nitrogens with one attached hydrogen (secondary N) is 1. The van der Waals surface area contributed by atoms with Crippen molar-refractivity contribution in [2.75, 3.05) is 20.4 Å². The molecule has 6 nitrogen and oxygen atoms in total. The summed E-state index contributed by atoms with van der Waals surface area (Å²) in [4.78, 5) is 23.7. The lowest BCUT2D eigenvalue weighted by Gasteiger charge is -2.16. The first-order valence-electron chi connectivity index (χ1n) is 7.80. The molecule has 0 radical (unpaired) electrons. The van der Waals surface area contributed by atoms with Gasteiger partial charge in [-0.15, -0.1) is 12.3 Å². The van der Waals surface area contributed by atoms with E-state index in [1.165, 1.54) is 7.11 Å². The van der Waals surface area contributed by atoms with Crippen molar-refractivity contribution in [2.24, 2.45) is 5.92 Å². The number of unbranched alkanes of at least 4 members (excludes halogenated alkanes) is 1. The second kappa shape index (κ2) is 8.82. The van der Waals surface area contributed by atoms with Gasteiger partial charge in [-0.3, -0.25) is 9.59 Å². The Kier molecular flexibility index (Phi) is 6.50. The number of carbonyl (C=O) groups is 2. The SMILES string of the molecule is C#CCCCC(=O)NC[C@H](Cc1ccc2c(c1)OCO2)C(=O)OC. The molecule has 2 rings (SSSR count). The number of ether oxygens (including phenoxy) is 3. The molecule has 0 saturated heterocycles. The van der Waals surface area contributed by atoms with Gasteiger partial charge < -0.3 is 19.5 Å². The third-order valence-electron chi connectivity index (χ3n) is 3.72. The van der Waals surface area contributed by atoms with E-state index < -0.39 is 5.92 Å². The van der Waals surface area contributed by atoms with E-state index in [-0.39, 0.29) is 25.2 Å². The van der Waals surface area contributed by atoms with E-state index in [1.807, 2.05) is 18.2 Å². The first-order chi connectivity index (χ1) is 11.6. The summed E-state index contributed by atoms with van der Waals surface area (Å²) in [6.45, 7) is 0.420. The smallest absolute Gasteiger partial charge is 0.310 e. The van der Waals surface area contributed by atoms with Gasteiger partial charge in [0.15, 0.2) is 11.5 Å². The summed E-state index contributed by atoms with van der Waals surface area (Å²) >= 11 is 0. The average Bonchev–Trinajstić information content (AvgIpc) is 3.05. The van der Waals surface area contributed by atoms with Crippen molar-refractivity contribution in [3.8, 4) is 23.8 Å². The average molecular weight is 331 g/mol. The number of benzene rings is 1. The van der Waals surface area contributed by atoms with Crippen LogP contribution < -0.4 is 14.8 Å². The fraction of sp³-hybridized carbons (Fsp3) is 0.444. The van der Waals surface area contributed by atoms with Crippen molar-refractivity contribution in [1.29, 1.82) is 0 Å². The number of hydrogen-bond donors (Lipinski definition) is 1. The molecule has 0 bridgehead atoms. The fourth-order valence-electron chi connectivity index (χ4n) is 2.43. The fourth-order valence-corrected chi connectivity index (χ4v) is 2.43. The molecule has 1 heterocycles. The molecule has 6 heteroatoms. The maximum atomic E-state index is 12.0. The molecule has 128 valence electrons. The number of rotatable bonds is 8. The second-order valence-electron chi connectivity index (χ2n) is 5.47. The molecule has 1 atom stereocenters. The molecular formula is C18H21NO5. The van der Waals surface area contributed by atoms with Crippen LogP contribution in [0.3, 0.4) is 0 Å². The summed E-state index contributed by atoms with van der Waals surface area (Å²) in [5.74, 6) is 2.89. The van der Waals surface area contributed by atoms with E-state index in [2.05, 4.69) is 11.2 Å². The van der Waals surface area contributed by atoms with Gasteiger partial charge in [0.25, 0.3) is 0 Å². The summed E-state index contributed by atoms with van der Waals surface area (Å²) in [6.07, 6.45) is 7.14. The van der Waals surface area contributed by atoms with Crippen molar-refractivity contribution in [3.63, 3.8) is 0 Å². The first-order valence-corrected chi connectivity index (χ1v) is 7.80. The van der Waals surface area contributed by atoms with Gasteiger partial charge in [-0.05, 0) is 30.5 Å². The Morgan fingerprint density at radius 1 is 1.38 bits per heavy atom. The molecule has 0 aromatic heterocycles. The second-order valence-corrected chi connectivity index (χ2v) is 5.47. The van der Waals surface area contributed by atoms with Gasteiger partial charge in [0.05, 0.1) is 13.0 Å². The largest absolute Gasteiger partial charge is 0.469 e. The van der Waals surface area contributed by atoms with Crippen molar-refractivity contribution < 1.29 is 23.8 Å². The monoisotopic (exact) mass is 331 g/mol. The minimum Gasteiger partial charge on any atom is -0.469 e. The van der Waals surface area contributed by atoms with Gasteiger partial charge >= 0.3 is 5.97 Å². The number of methoxy groups -OCH3 is 1. The third-order valence-corrected chi connectivity index (χ3v) is 3.72. The van der Waals surface area contributed by atoms with E-state index in [0.29, 0.717) is 37.2 Å². The van der Waals surface area contributed by atoms with E-state index in [4.69, 9.17) is 20.6 Å². The lowest BCUT2D eigenvalue weighted by atomic mass is 9.98. The number of terminal acetylenes is 1. The Morgan fingerprint density at radius 3 is 2.92 bits per heavy atom. The highest BCUT2D eigenvalue weighted by Gasteiger charge is 2.22. The Morgan fingerprint density at radius 2 is 2.17 bits per heavy atom. The first kappa shape index (κ1) is 17.7. The number of hydrogen-bond acceptors (Lipinski definition) is 5. The molecule has 1 aromatic rings. The van der Waals surface area contributed by atoms with Gasteiger partial charge in [-0.1, -0.05) is 6.07 Å². The lowest BCUT2D eigenvalue weighted by molar-refractivity contribution is -0.145. The Hall–Kier alpha value is -2.68. The van der Waals surface area contributed by atoms with E-state index in [1.54, 1.807) is 0 Å². The van der Waals surface area contributed by atoms with Crippen LogP contribution in [0.25, 0.3) is 0 Å². The molecular weight excluding hydrogens is 310 g/mol. The molecule has 0 spiro atoms. The van der Waals surface area contributed by atoms with Gasteiger partial charge in [-0.2, -0.15) is 0 Å². The summed E-state index contributed by atoms with van der Waals surface area (Å²) in [5, 5.41) is 2.77. The predicted octanol–water partition coefficient (Wildman–Crippen LogP) is 1.67. The Labute approximate surface area is 141 Å². The van der Waals surface area contributed by atoms with Crippen molar-refractivity contribution in [1.82, 2.24) is 5.32 Å². The van der Waals surface area contributed by atoms with Crippen LogP contribution in [0, 0.1) is 18.3 Å². The molecule has 1 N–H and O–H groups in total. The van der Waals surface area contributed by atoms with Crippen molar-refractivity contribution >= 4 is 11.9 Å².